The Morgan fingerprint density at radius 1 is 1.50 bits per heavy atom. The third kappa shape index (κ3) is 3.72. The molecule has 0 atom stereocenters. The number of nitrogens with zero attached hydrogens (tertiary/aromatic N) is 1. The molecule has 0 fully saturated rings. The van der Waals surface area contributed by atoms with E-state index < -0.39 is 0 Å². The van der Waals surface area contributed by atoms with Gasteiger partial charge in [0.2, 0.25) is 0 Å². The largest absolute Gasteiger partial charge is 0.383 e. The number of hydrogen-bond acceptors (Lipinski definition) is 4. The average Bonchev–Trinajstić information content (AvgIpc) is 2.21. The maximum absolute atomic E-state index is 5.44. The number of nitrogens with one attached hydrogen (secondary N) is 1. The Kier molecular flexibility index (Phi) is 4.96. The van der Waals surface area contributed by atoms with E-state index in [1.165, 1.54) is 5.56 Å². The van der Waals surface area contributed by atoms with Gasteiger partial charge in [0.05, 0.1) is 6.61 Å². The molecule has 0 unspecified atom stereocenters. The quantitative estimate of drug-likeness (QED) is 0.654. The number of anilines is 1. The lowest BCUT2D eigenvalue weighted by molar-refractivity contribution is 0.210. The van der Waals surface area contributed by atoms with Gasteiger partial charge in [-0.1, -0.05) is 6.07 Å². The zero-order valence-electron chi connectivity index (χ0n) is 8.49. The lowest BCUT2D eigenvalue weighted by Gasteiger charge is -2.05. The van der Waals surface area contributed by atoms with Crippen LogP contribution in [0.1, 0.15) is 5.56 Å². The van der Waals surface area contributed by atoms with E-state index in [0.717, 1.165) is 18.8 Å². The fraction of sp³-hybridized carbons (Fsp3) is 0.500. The van der Waals surface area contributed by atoms with Gasteiger partial charge in [0.25, 0.3) is 0 Å². The van der Waals surface area contributed by atoms with Crippen LogP contribution in [0.25, 0.3) is 0 Å². The number of rotatable bonds is 6. The van der Waals surface area contributed by atoms with Crippen molar-refractivity contribution < 1.29 is 4.74 Å². The van der Waals surface area contributed by atoms with Crippen molar-refractivity contribution in [3.8, 4) is 0 Å². The van der Waals surface area contributed by atoms with Crippen LogP contribution in [-0.4, -0.2) is 31.8 Å². The molecule has 1 aromatic heterocycles. The molecule has 14 heavy (non-hydrogen) atoms. The second-order valence-electron chi connectivity index (χ2n) is 3.01. The fourth-order valence-electron chi connectivity index (χ4n) is 1.12. The molecule has 1 heterocycles. The topological polar surface area (TPSA) is 60.2 Å². The Morgan fingerprint density at radius 3 is 2.93 bits per heavy atom. The normalized spacial score (nSPS) is 10.1. The summed E-state index contributed by atoms with van der Waals surface area (Å²) in [5, 5.41) is 3.15. The number of hydrogen-bond donors (Lipinski definition) is 2. The van der Waals surface area contributed by atoms with Crippen LogP contribution in [0.15, 0.2) is 18.3 Å². The Bertz CT molecular complexity index is 248. The van der Waals surface area contributed by atoms with Crippen molar-refractivity contribution in [2.24, 2.45) is 5.73 Å². The first-order valence-electron chi connectivity index (χ1n) is 4.74. The first-order valence-corrected chi connectivity index (χ1v) is 4.74. The molecular weight excluding hydrogens is 178 g/mol. The van der Waals surface area contributed by atoms with Crippen LogP contribution < -0.4 is 11.1 Å². The van der Waals surface area contributed by atoms with Gasteiger partial charge in [-0.15, -0.1) is 0 Å². The van der Waals surface area contributed by atoms with Crippen LogP contribution in [0.3, 0.4) is 0 Å². The maximum Gasteiger partial charge on any atom is 0.125 e. The summed E-state index contributed by atoms with van der Waals surface area (Å²) in [5.41, 5.74) is 6.61. The van der Waals surface area contributed by atoms with Crippen molar-refractivity contribution in [1.29, 1.82) is 0 Å². The van der Waals surface area contributed by atoms with Crippen LogP contribution in [0, 0.1) is 0 Å². The first-order chi connectivity index (χ1) is 6.86. The van der Waals surface area contributed by atoms with Gasteiger partial charge < -0.3 is 15.8 Å². The molecule has 0 saturated carbocycles. The highest BCUT2D eigenvalue weighted by Crippen LogP contribution is 2.04. The highest BCUT2D eigenvalue weighted by Gasteiger charge is 1.94. The van der Waals surface area contributed by atoms with Gasteiger partial charge in [-0.3, -0.25) is 0 Å². The van der Waals surface area contributed by atoms with E-state index in [1.54, 1.807) is 7.11 Å². The molecule has 3 N–H and O–H groups in total. The van der Waals surface area contributed by atoms with Gasteiger partial charge >= 0.3 is 0 Å². The van der Waals surface area contributed by atoms with E-state index in [0.29, 0.717) is 13.2 Å². The molecule has 0 aromatic carbocycles. The molecule has 0 aliphatic carbocycles. The van der Waals surface area contributed by atoms with Crippen LogP contribution in [-0.2, 0) is 11.2 Å². The number of nitrogens with two attached hydrogens (primary N) is 1. The lowest BCUT2D eigenvalue weighted by atomic mass is 10.2. The van der Waals surface area contributed by atoms with E-state index in [-0.39, 0.29) is 0 Å². The summed E-state index contributed by atoms with van der Waals surface area (Å²) in [6.07, 6.45) is 2.73. The van der Waals surface area contributed by atoms with Crippen molar-refractivity contribution in [2.75, 3.05) is 32.1 Å². The second-order valence-corrected chi connectivity index (χ2v) is 3.01. The smallest absolute Gasteiger partial charge is 0.125 e. The van der Waals surface area contributed by atoms with Gasteiger partial charge in [-0.05, 0) is 24.6 Å². The highest BCUT2D eigenvalue weighted by molar-refractivity contribution is 5.35. The number of pyridine rings is 1. The second kappa shape index (κ2) is 6.34. The minimum Gasteiger partial charge on any atom is -0.383 e. The molecule has 1 aromatic rings. The van der Waals surface area contributed by atoms with Crippen LogP contribution >= 0.6 is 0 Å². The van der Waals surface area contributed by atoms with Crippen molar-refractivity contribution in [1.82, 2.24) is 4.98 Å². The summed E-state index contributed by atoms with van der Waals surface area (Å²) >= 11 is 0. The highest BCUT2D eigenvalue weighted by atomic mass is 16.5. The Balaban J connectivity index is 2.38. The van der Waals surface area contributed by atoms with Crippen LogP contribution in [0.2, 0.25) is 0 Å². The van der Waals surface area contributed by atoms with Gasteiger partial charge in [-0.2, -0.15) is 0 Å². The van der Waals surface area contributed by atoms with E-state index >= 15 is 0 Å². The predicted molar refractivity (Wildman–Crippen MR) is 57.4 cm³/mol. The molecule has 78 valence electrons. The molecule has 0 aliphatic rings. The Hall–Kier alpha value is -1.13. The molecule has 4 nitrogen and oxygen atoms in total. The number of methoxy groups -OCH3 is 1. The van der Waals surface area contributed by atoms with Gasteiger partial charge in [0.1, 0.15) is 5.82 Å². The molecule has 0 radical (unpaired) electrons. The van der Waals surface area contributed by atoms with Gasteiger partial charge in [-0.25, -0.2) is 4.98 Å². The van der Waals surface area contributed by atoms with E-state index in [2.05, 4.69) is 10.3 Å². The number of aromatic nitrogens is 1. The first kappa shape index (κ1) is 10.9. The van der Waals surface area contributed by atoms with E-state index in [1.807, 2.05) is 18.3 Å². The third-order valence-electron chi connectivity index (χ3n) is 1.87. The van der Waals surface area contributed by atoms with E-state index in [4.69, 9.17) is 10.5 Å². The molecule has 1 rings (SSSR count). The summed E-state index contributed by atoms with van der Waals surface area (Å²) < 4.78 is 4.92. The van der Waals surface area contributed by atoms with Crippen molar-refractivity contribution in [2.45, 2.75) is 6.42 Å². The van der Waals surface area contributed by atoms with Gasteiger partial charge in [0.15, 0.2) is 0 Å². The van der Waals surface area contributed by atoms with Crippen LogP contribution in [0.4, 0.5) is 5.82 Å². The standard InChI is InChI=1S/C10H17N3O/c1-14-7-6-12-10-3-2-9(4-5-11)8-13-10/h2-3,8H,4-7,11H2,1H3,(H,12,13). The summed E-state index contributed by atoms with van der Waals surface area (Å²) in [7, 11) is 1.68. The van der Waals surface area contributed by atoms with Crippen molar-refractivity contribution in [3.63, 3.8) is 0 Å². The molecule has 0 aliphatic heterocycles. The Morgan fingerprint density at radius 2 is 2.36 bits per heavy atom. The van der Waals surface area contributed by atoms with E-state index in [9.17, 15) is 0 Å². The van der Waals surface area contributed by atoms with Crippen LogP contribution in [0.5, 0.6) is 0 Å². The summed E-state index contributed by atoms with van der Waals surface area (Å²) in [6.45, 7) is 2.13. The fourth-order valence-corrected chi connectivity index (χ4v) is 1.12. The SMILES string of the molecule is COCCNc1ccc(CCN)cn1. The molecule has 0 amide bonds. The molecule has 0 saturated heterocycles. The average molecular weight is 195 g/mol. The van der Waals surface area contributed by atoms with Crippen molar-refractivity contribution >= 4 is 5.82 Å². The zero-order valence-corrected chi connectivity index (χ0v) is 8.49. The summed E-state index contributed by atoms with van der Waals surface area (Å²) in [4.78, 5) is 4.25. The third-order valence-corrected chi connectivity index (χ3v) is 1.87. The lowest BCUT2D eigenvalue weighted by Crippen LogP contribution is -2.09. The zero-order chi connectivity index (χ0) is 10.2. The minimum absolute atomic E-state index is 0.665. The number of ether oxygens (including phenoxy) is 1. The molecular formula is C10H17N3O. The molecule has 0 bridgehead atoms. The molecule has 0 spiro atoms. The predicted octanol–water partition coefficient (Wildman–Crippen LogP) is 0.641. The molecule has 4 heteroatoms. The minimum atomic E-state index is 0.665. The van der Waals surface area contributed by atoms with Gasteiger partial charge in [0, 0.05) is 19.9 Å². The summed E-state index contributed by atoms with van der Waals surface area (Å²) in [6, 6.07) is 4.00. The Labute approximate surface area is 84.5 Å². The van der Waals surface area contributed by atoms with Crippen molar-refractivity contribution in [3.05, 3.63) is 23.9 Å². The maximum atomic E-state index is 5.44. The monoisotopic (exact) mass is 195 g/mol. The summed E-state index contributed by atoms with van der Waals surface area (Å²) in [5.74, 6) is 0.878.